The molecule has 1 heterocycles. The minimum atomic E-state index is 0.759. The Balaban J connectivity index is 3.18. The van der Waals surface area contributed by atoms with Gasteiger partial charge in [0, 0.05) is 0 Å². The Labute approximate surface area is 58.2 Å². The van der Waals surface area contributed by atoms with E-state index in [1.165, 1.54) is 11.5 Å². The maximum absolute atomic E-state index is 5.59. The van der Waals surface area contributed by atoms with Crippen molar-refractivity contribution in [1.29, 1.82) is 0 Å². The Morgan fingerprint density at radius 2 is 2.44 bits per heavy atom. The summed E-state index contributed by atoms with van der Waals surface area (Å²) < 4.78 is 4.03. The second-order valence-electron chi connectivity index (χ2n) is 1.75. The minimum absolute atomic E-state index is 0.759. The van der Waals surface area contributed by atoms with Gasteiger partial charge in [-0.2, -0.15) is 4.37 Å². The van der Waals surface area contributed by atoms with Crippen LogP contribution in [0, 0.1) is 6.92 Å². The molecule has 2 N–H and O–H groups in total. The van der Waals surface area contributed by atoms with E-state index in [2.05, 4.69) is 11.0 Å². The molecule has 0 unspecified atom stereocenters. The summed E-state index contributed by atoms with van der Waals surface area (Å²) in [7, 11) is 0. The predicted octanol–water partition coefficient (Wildman–Crippen LogP) is 1.68. The lowest BCUT2D eigenvalue weighted by atomic mass is 10.3. The summed E-state index contributed by atoms with van der Waals surface area (Å²) in [6, 6.07) is 0. The number of aryl methyl sites for hydroxylation is 1. The number of rotatable bonds is 1. The van der Waals surface area contributed by atoms with Gasteiger partial charge in [0.1, 0.15) is 0 Å². The van der Waals surface area contributed by atoms with Gasteiger partial charge in [-0.3, -0.25) is 0 Å². The van der Waals surface area contributed by atoms with E-state index in [4.69, 9.17) is 5.73 Å². The normalized spacial score (nSPS) is 9.44. The van der Waals surface area contributed by atoms with Crippen LogP contribution in [0.2, 0.25) is 0 Å². The first kappa shape index (κ1) is 6.29. The van der Waals surface area contributed by atoms with Gasteiger partial charge in [-0.15, -0.1) is 0 Å². The monoisotopic (exact) mass is 140 g/mol. The fourth-order valence-corrected chi connectivity index (χ4v) is 1.20. The van der Waals surface area contributed by atoms with Crippen LogP contribution in [0.3, 0.4) is 0 Å². The molecule has 0 amide bonds. The van der Waals surface area contributed by atoms with Gasteiger partial charge in [0.2, 0.25) is 0 Å². The number of nitrogens with zero attached hydrogens (tertiary/aromatic N) is 1. The Morgan fingerprint density at radius 1 is 1.78 bits per heavy atom. The first-order valence-electron chi connectivity index (χ1n) is 2.60. The SMILES string of the molecule is C=Cc1snc(C)c1N. The number of anilines is 1. The molecule has 0 spiro atoms. The Morgan fingerprint density at radius 3 is 2.67 bits per heavy atom. The molecule has 48 valence electrons. The van der Waals surface area contributed by atoms with Gasteiger partial charge < -0.3 is 5.73 Å². The van der Waals surface area contributed by atoms with E-state index in [0.717, 1.165) is 16.3 Å². The maximum atomic E-state index is 5.59. The summed E-state index contributed by atoms with van der Waals surface area (Å²) in [5, 5.41) is 0. The Bertz CT molecular complexity index is 227. The van der Waals surface area contributed by atoms with Crippen LogP contribution in [-0.4, -0.2) is 4.37 Å². The quantitative estimate of drug-likeness (QED) is 0.644. The molecule has 1 rings (SSSR count). The average molecular weight is 140 g/mol. The van der Waals surface area contributed by atoms with Crippen molar-refractivity contribution in [3.8, 4) is 0 Å². The van der Waals surface area contributed by atoms with E-state index in [1.54, 1.807) is 6.08 Å². The van der Waals surface area contributed by atoms with Crippen LogP contribution in [0.15, 0.2) is 6.58 Å². The van der Waals surface area contributed by atoms with Crippen molar-refractivity contribution >= 4 is 23.3 Å². The molecule has 1 aromatic rings. The van der Waals surface area contributed by atoms with Crippen LogP contribution in [0.5, 0.6) is 0 Å². The third-order valence-electron chi connectivity index (χ3n) is 1.12. The average Bonchev–Trinajstić information content (AvgIpc) is 2.15. The number of nitrogens with two attached hydrogens (primary N) is 1. The summed E-state index contributed by atoms with van der Waals surface area (Å²) in [4.78, 5) is 0.965. The molecule has 3 heteroatoms. The van der Waals surface area contributed by atoms with Gasteiger partial charge in [0.25, 0.3) is 0 Å². The molecule has 9 heavy (non-hydrogen) atoms. The summed E-state index contributed by atoms with van der Waals surface area (Å²) in [6.07, 6.45) is 1.72. The van der Waals surface area contributed by atoms with Crippen molar-refractivity contribution < 1.29 is 0 Å². The van der Waals surface area contributed by atoms with E-state index in [9.17, 15) is 0 Å². The molecule has 0 aliphatic carbocycles. The highest BCUT2D eigenvalue weighted by Gasteiger charge is 2.00. The van der Waals surface area contributed by atoms with Crippen molar-refractivity contribution in [2.75, 3.05) is 5.73 Å². The van der Waals surface area contributed by atoms with E-state index in [1.807, 2.05) is 6.92 Å². The molecule has 1 aromatic heterocycles. The fraction of sp³-hybridized carbons (Fsp3) is 0.167. The van der Waals surface area contributed by atoms with Crippen LogP contribution in [0.4, 0.5) is 5.69 Å². The predicted molar refractivity (Wildman–Crippen MR) is 41.4 cm³/mol. The molecular formula is C6H8N2S. The van der Waals surface area contributed by atoms with Gasteiger partial charge >= 0.3 is 0 Å². The molecule has 0 saturated carbocycles. The highest BCUT2D eigenvalue weighted by atomic mass is 32.1. The van der Waals surface area contributed by atoms with E-state index < -0.39 is 0 Å². The zero-order valence-electron chi connectivity index (χ0n) is 5.22. The highest BCUT2D eigenvalue weighted by molar-refractivity contribution is 7.07. The third-order valence-corrected chi connectivity index (χ3v) is 2.07. The van der Waals surface area contributed by atoms with Crippen LogP contribution >= 0.6 is 11.5 Å². The molecule has 0 saturated heterocycles. The molecular weight excluding hydrogens is 132 g/mol. The lowest BCUT2D eigenvalue weighted by Gasteiger charge is -1.86. The number of hydrogen-bond donors (Lipinski definition) is 1. The molecule has 0 aliphatic rings. The number of hydrogen-bond acceptors (Lipinski definition) is 3. The van der Waals surface area contributed by atoms with Crippen molar-refractivity contribution in [2.45, 2.75) is 6.92 Å². The summed E-state index contributed by atoms with van der Waals surface area (Å²) in [5.74, 6) is 0. The topological polar surface area (TPSA) is 38.9 Å². The maximum Gasteiger partial charge on any atom is 0.0746 e. The molecule has 0 aromatic carbocycles. The minimum Gasteiger partial charge on any atom is -0.396 e. The van der Waals surface area contributed by atoms with Crippen molar-refractivity contribution in [1.82, 2.24) is 4.37 Å². The molecule has 0 aliphatic heterocycles. The van der Waals surface area contributed by atoms with Gasteiger partial charge in [-0.05, 0) is 24.5 Å². The van der Waals surface area contributed by atoms with Gasteiger partial charge in [0.05, 0.1) is 16.3 Å². The molecule has 0 bridgehead atoms. The summed E-state index contributed by atoms with van der Waals surface area (Å²) in [5.41, 5.74) is 7.25. The molecule has 0 radical (unpaired) electrons. The van der Waals surface area contributed by atoms with Crippen LogP contribution in [0.25, 0.3) is 6.08 Å². The Kier molecular flexibility index (Phi) is 1.53. The zero-order chi connectivity index (χ0) is 6.85. The second-order valence-corrected chi connectivity index (χ2v) is 2.56. The second kappa shape index (κ2) is 2.19. The Hall–Kier alpha value is -0.830. The van der Waals surface area contributed by atoms with Gasteiger partial charge in [0.15, 0.2) is 0 Å². The van der Waals surface area contributed by atoms with E-state index >= 15 is 0 Å². The van der Waals surface area contributed by atoms with Crippen molar-refractivity contribution in [2.24, 2.45) is 0 Å². The zero-order valence-corrected chi connectivity index (χ0v) is 6.03. The van der Waals surface area contributed by atoms with Gasteiger partial charge in [-0.1, -0.05) is 6.58 Å². The lowest BCUT2D eigenvalue weighted by molar-refractivity contribution is 1.35. The fourth-order valence-electron chi connectivity index (χ4n) is 0.542. The smallest absolute Gasteiger partial charge is 0.0746 e. The third kappa shape index (κ3) is 0.954. The van der Waals surface area contributed by atoms with Gasteiger partial charge in [-0.25, -0.2) is 0 Å². The lowest BCUT2D eigenvalue weighted by Crippen LogP contribution is -1.85. The van der Waals surface area contributed by atoms with Crippen LogP contribution < -0.4 is 5.73 Å². The van der Waals surface area contributed by atoms with E-state index in [0.29, 0.717) is 0 Å². The first-order valence-corrected chi connectivity index (χ1v) is 3.37. The molecule has 0 atom stereocenters. The first-order chi connectivity index (χ1) is 4.25. The summed E-state index contributed by atoms with van der Waals surface area (Å²) >= 11 is 1.38. The van der Waals surface area contributed by atoms with Crippen molar-refractivity contribution in [3.63, 3.8) is 0 Å². The highest BCUT2D eigenvalue weighted by Crippen LogP contribution is 2.20. The number of nitrogen functional groups attached to an aromatic ring is 1. The molecule has 0 fully saturated rings. The number of aromatic nitrogens is 1. The summed E-state index contributed by atoms with van der Waals surface area (Å²) in [6.45, 7) is 5.48. The van der Waals surface area contributed by atoms with E-state index in [-0.39, 0.29) is 0 Å². The molecule has 2 nitrogen and oxygen atoms in total. The van der Waals surface area contributed by atoms with Crippen LogP contribution in [-0.2, 0) is 0 Å². The van der Waals surface area contributed by atoms with Crippen molar-refractivity contribution in [3.05, 3.63) is 17.2 Å². The van der Waals surface area contributed by atoms with Crippen LogP contribution in [0.1, 0.15) is 10.6 Å². The standard InChI is InChI=1S/C6H8N2S/c1-3-5-6(7)4(2)8-9-5/h3H,1,7H2,2H3. The largest absolute Gasteiger partial charge is 0.396 e.